The van der Waals surface area contributed by atoms with Gasteiger partial charge in [0.2, 0.25) is 0 Å². The first-order chi connectivity index (χ1) is 17.3. The van der Waals surface area contributed by atoms with Crippen molar-refractivity contribution in [2.45, 2.75) is 32.9 Å². The van der Waals surface area contributed by atoms with E-state index in [9.17, 15) is 14.9 Å². The van der Waals surface area contributed by atoms with Crippen molar-refractivity contribution in [2.24, 2.45) is 0 Å². The fourth-order valence-electron chi connectivity index (χ4n) is 4.43. The van der Waals surface area contributed by atoms with Gasteiger partial charge < -0.3 is 10.1 Å². The number of non-ortho nitro benzene ring substituents is 1. The molecule has 10 heteroatoms. The molecule has 2 heterocycles. The first-order valence-corrected chi connectivity index (χ1v) is 12.1. The van der Waals surface area contributed by atoms with Gasteiger partial charge in [-0.05, 0) is 43.6 Å². The molecular weight excluding hydrogens is 478 g/mol. The summed E-state index contributed by atoms with van der Waals surface area (Å²) in [4.78, 5) is 30.8. The molecule has 0 spiro atoms. The lowest BCUT2D eigenvalue weighted by molar-refractivity contribution is -0.384. The van der Waals surface area contributed by atoms with Crippen LogP contribution in [0, 0.1) is 10.1 Å². The minimum atomic E-state index is -0.596. The molecule has 0 saturated carbocycles. The molecule has 0 radical (unpaired) electrons. The van der Waals surface area contributed by atoms with Gasteiger partial charge in [-0.25, -0.2) is 9.78 Å². The number of allylic oxidation sites excluding steroid dienone is 3. The fourth-order valence-corrected chi connectivity index (χ4v) is 5.24. The van der Waals surface area contributed by atoms with Crippen LogP contribution in [-0.2, 0) is 22.6 Å². The number of esters is 1. The number of nitrogens with zero attached hydrogens (tertiary/aromatic N) is 4. The number of methoxy groups -OCH3 is 1. The lowest BCUT2D eigenvalue weighted by Crippen LogP contribution is -2.28. The van der Waals surface area contributed by atoms with Gasteiger partial charge in [-0.15, -0.1) is 0 Å². The van der Waals surface area contributed by atoms with Crippen molar-refractivity contribution in [3.05, 3.63) is 104 Å². The van der Waals surface area contributed by atoms with E-state index in [1.165, 1.54) is 36.3 Å². The molecular formula is C26H27N5O4S. The fraction of sp³-hybridized carbons (Fsp3) is 0.269. The quantitative estimate of drug-likeness (QED) is 0.268. The van der Waals surface area contributed by atoms with Crippen molar-refractivity contribution in [3.63, 3.8) is 0 Å². The third kappa shape index (κ3) is 5.34. The second-order valence-corrected chi connectivity index (χ2v) is 9.40. The van der Waals surface area contributed by atoms with Crippen molar-refractivity contribution < 1.29 is 14.5 Å². The molecule has 0 fully saturated rings. The summed E-state index contributed by atoms with van der Waals surface area (Å²) in [6, 6.07) is 16.5. The van der Waals surface area contributed by atoms with Crippen LogP contribution in [0.15, 0.2) is 71.6 Å². The number of nitro benzene ring substituents is 1. The van der Waals surface area contributed by atoms with E-state index in [-0.39, 0.29) is 5.69 Å². The van der Waals surface area contributed by atoms with Gasteiger partial charge in [-0.1, -0.05) is 42.5 Å². The van der Waals surface area contributed by atoms with E-state index in [1.54, 1.807) is 19.1 Å². The molecule has 36 heavy (non-hydrogen) atoms. The maximum absolute atomic E-state index is 12.9. The third-order valence-electron chi connectivity index (χ3n) is 5.99. The number of nitrogens with one attached hydrogen (secondary N) is 1. The topological polar surface area (TPSA) is 110 Å². The normalized spacial score (nSPS) is 15.8. The van der Waals surface area contributed by atoms with Crippen LogP contribution in [0.1, 0.15) is 41.7 Å². The number of rotatable bonds is 8. The van der Waals surface area contributed by atoms with Gasteiger partial charge in [-0.2, -0.15) is 4.37 Å². The van der Waals surface area contributed by atoms with E-state index in [1.807, 2.05) is 32.2 Å². The number of benzene rings is 2. The Morgan fingerprint density at radius 3 is 2.58 bits per heavy atom. The Labute approximate surface area is 213 Å². The Morgan fingerprint density at radius 1 is 1.14 bits per heavy atom. The molecule has 1 aliphatic heterocycles. The highest BCUT2D eigenvalue weighted by molar-refractivity contribution is 7.06. The predicted octanol–water partition coefficient (Wildman–Crippen LogP) is 4.64. The summed E-state index contributed by atoms with van der Waals surface area (Å²) in [5.41, 5.74) is 4.32. The lowest BCUT2D eigenvalue weighted by Gasteiger charge is -2.30. The molecule has 3 aromatic rings. The summed E-state index contributed by atoms with van der Waals surface area (Å²) < 4.78 is 9.67. The van der Waals surface area contributed by atoms with Gasteiger partial charge in [0.05, 0.1) is 24.2 Å². The van der Waals surface area contributed by atoms with Crippen molar-refractivity contribution in [2.75, 3.05) is 14.2 Å². The number of carbonyl (C=O) groups is 1. The zero-order valence-electron chi connectivity index (χ0n) is 20.5. The molecule has 0 amide bonds. The molecule has 1 unspecified atom stereocenters. The number of ether oxygens (including phenoxy) is 1. The van der Waals surface area contributed by atoms with Crippen LogP contribution in [0.3, 0.4) is 0 Å². The summed E-state index contributed by atoms with van der Waals surface area (Å²) >= 11 is 1.25. The standard InChI is InChI=1S/C26H27N5O4S/c1-16-22(25-28-21(29-36-25)15-30(3)14-18-9-6-5-7-10-18)24(23(17(2)27-16)26(32)35-4)19-11-8-12-20(13-19)31(33)34/h5-13,24,27H,14-15H2,1-4H3. The van der Waals surface area contributed by atoms with Crippen LogP contribution in [0.4, 0.5) is 5.69 Å². The van der Waals surface area contributed by atoms with Crippen LogP contribution in [0.2, 0.25) is 0 Å². The van der Waals surface area contributed by atoms with Crippen LogP contribution >= 0.6 is 11.5 Å². The van der Waals surface area contributed by atoms with E-state index < -0.39 is 16.8 Å². The van der Waals surface area contributed by atoms with Crippen molar-refractivity contribution in [1.82, 2.24) is 19.6 Å². The summed E-state index contributed by atoms with van der Waals surface area (Å²) in [5.74, 6) is -0.437. The molecule has 0 aliphatic carbocycles. The zero-order chi connectivity index (χ0) is 25.8. The van der Waals surface area contributed by atoms with Gasteiger partial charge in [0.25, 0.3) is 5.69 Å². The second-order valence-electron chi connectivity index (χ2n) is 8.65. The van der Waals surface area contributed by atoms with Crippen LogP contribution < -0.4 is 5.32 Å². The molecule has 186 valence electrons. The second kappa shape index (κ2) is 10.8. The number of carbonyl (C=O) groups excluding carboxylic acids is 1. The molecule has 9 nitrogen and oxygen atoms in total. The van der Waals surface area contributed by atoms with Gasteiger partial charge >= 0.3 is 5.97 Å². The Morgan fingerprint density at radius 2 is 1.89 bits per heavy atom. The smallest absolute Gasteiger partial charge is 0.336 e. The minimum Gasteiger partial charge on any atom is -0.466 e. The summed E-state index contributed by atoms with van der Waals surface area (Å²) in [5, 5.41) is 15.4. The Bertz CT molecular complexity index is 1350. The van der Waals surface area contributed by atoms with E-state index >= 15 is 0 Å². The number of aromatic nitrogens is 2. The van der Waals surface area contributed by atoms with E-state index in [4.69, 9.17) is 9.72 Å². The molecule has 1 atom stereocenters. The summed E-state index contributed by atoms with van der Waals surface area (Å²) in [6.45, 7) is 5.00. The Balaban J connectivity index is 1.70. The SMILES string of the molecule is COC(=O)C1=C(C)NC(C)=C(c2nc(CN(C)Cc3ccccc3)ns2)C1c1cccc([N+](=O)[O-])c1. The van der Waals surface area contributed by atoms with Crippen LogP contribution in [0.5, 0.6) is 0 Å². The first kappa shape index (κ1) is 25.2. The molecule has 0 saturated heterocycles. The summed E-state index contributed by atoms with van der Waals surface area (Å²) in [6.07, 6.45) is 0. The van der Waals surface area contributed by atoms with E-state index in [0.717, 1.165) is 17.8 Å². The van der Waals surface area contributed by atoms with Gasteiger partial charge in [0.1, 0.15) is 5.01 Å². The zero-order valence-corrected chi connectivity index (χ0v) is 21.3. The lowest BCUT2D eigenvalue weighted by atomic mass is 9.80. The predicted molar refractivity (Wildman–Crippen MR) is 138 cm³/mol. The Kier molecular flexibility index (Phi) is 7.56. The van der Waals surface area contributed by atoms with Crippen molar-refractivity contribution in [1.29, 1.82) is 0 Å². The molecule has 1 N–H and O–H groups in total. The molecule has 0 bridgehead atoms. The molecule has 1 aliphatic rings. The number of nitro groups is 1. The van der Waals surface area contributed by atoms with Crippen LogP contribution in [0.25, 0.3) is 5.57 Å². The number of hydrogen-bond acceptors (Lipinski definition) is 9. The van der Waals surface area contributed by atoms with Crippen molar-refractivity contribution >= 4 is 28.8 Å². The van der Waals surface area contributed by atoms with Gasteiger partial charge in [-0.3, -0.25) is 15.0 Å². The maximum Gasteiger partial charge on any atom is 0.336 e. The van der Waals surface area contributed by atoms with E-state index in [2.05, 4.69) is 26.7 Å². The minimum absolute atomic E-state index is 0.0506. The molecule has 2 aromatic carbocycles. The monoisotopic (exact) mass is 505 g/mol. The van der Waals surface area contributed by atoms with Crippen LogP contribution in [-0.4, -0.2) is 39.3 Å². The number of dihydropyridines is 1. The third-order valence-corrected chi connectivity index (χ3v) is 6.77. The summed E-state index contributed by atoms with van der Waals surface area (Å²) in [7, 11) is 3.33. The van der Waals surface area contributed by atoms with Gasteiger partial charge in [0, 0.05) is 41.6 Å². The average Bonchev–Trinajstić information content (AvgIpc) is 3.31. The average molecular weight is 506 g/mol. The Hall–Kier alpha value is -3.89. The first-order valence-electron chi connectivity index (χ1n) is 11.3. The highest BCUT2D eigenvalue weighted by atomic mass is 32.1. The molecule has 1 aromatic heterocycles. The molecule has 4 rings (SSSR count). The van der Waals surface area contributed by atoms with Gasteiger partial charge in [0.15, 0.2) is 5.82 Å². The highest BCUT2D eigenvalue weighted by Gasteiger charge is 2.36. The largest absolute Gasteiger partial charge is 0.466 e. The highest BCUT2D eigenvalue weighted by Crippen LogP contribution is 2.44. The van der Waals surface area contributed by atoms with Crippen molar-refractivity contribution in [3.8, 4) is 0 Å². The van der Waals surface area contributed by atoms with E-state index in [0.29, 0.717) is 34.2 Å². The number of hydrogen-bond donors (Lipinski definition) is 1. The maximum atomic E-state index is 12.9.